The first-order valence-electron chi connectivity index (χ1n) is 7.81. The van der Waals surface area contributed by atoms with Crippen LogP contribution in [0.4, 0.5) is 15.8 Å². The molecule has 0 heterocycles. The zero-order valence-electron chi connectivity index (χ0n) is 14.0. The summed E-state index contributed by atoms with van der Waals surface area (Å²) in [5.41, 5.74) is 0.861. The number of anilines is 2. The van der Waals surface area contributed by atoms with Crippen molar-refractivity contribution in [1.82, 2.24) is 0 Å². The molecule has 2 N–H and O–H groups in total. The van der Waals surface area contributed by atoms with Gasteiger partial charge in [-0.1, -0.05) is 25.1 Å². The van der Waals surface area contributed by atoms with Crippen molar-refractivity contribution in [2.45, 2.75) is 27.2 Å². The number of benzene rings is 2. The maximum Gasteiger partial charge on any atom is 0.239 e. The summed E-state index contributed by atoms with van der Waals surface area (Å²) in [4.78, 5) is 25.0. The Morgan fingerprint density at radius 3 is 2.17 bits per heavy atom. The Bertz CT molecular complexity index is 739. The van der Waals surface area contributed by atoms with Gasteiger partial charge in [0.25, 0.3) is 0 Å². The van der Waals surface area contributed by atoms with Gasteiger partial charge in [0, 0.05) is 11.4 Å². The molecule has 0 aliphatic carbocycles. The number of hydrogen-bond donors (Lipinski definition) is 2. The molecule has 2 amide bonds. The summed E-state index contributed by atoms with van der Waals surface area (Å²) >= 11 is 0. The zero-order valence-corrected chi connectivity index (χ0v) is 14.0. The SMILES string of the molecule is CCc1ccccc1NC(=O)C(C)(C)C(=O)Nc1ccc(F)cc1. The molecule has 0 saturated carbocycles. The van der Waals surface area contributed by atoms with Gasteiger partial charge in [0.15, 0.2) is 0 Å². The summed E-state index contributed by atoms with van der Waals surface area (Å²) < 4.78 is 12.9. The Hall–Kier alpha value is -2.69. The number of hydrogen-bond acceptors (Lipinski definition) is 2. The van der Waals surface area contributed by atoms with Crippen molar-refractivity contribution in [3.63, 3.8) is 0 Å². The van der Waals surface area contributed by atoms with E-state index >= 15 is 0 Å². The van der Waals surface area contributed by atoms with Crippen LogP contribution in [0.25, 0.3) is 0 Å². The van der Waals surface area contributed by atoms with Gasteiger partial charge in [0.1, 0.15) is 11.2 Å². The van der Waals surface area contributed by atoms with Gasteiger partial charge < -0.3 is 10.6 Å². The summed E-state index contributed by atoms with van der Waals surface area (Å²) in [5.74, 6) is -1.25. The number of aryl methyl sites for hydroxylation is 1. The first kappa shape index (κ1) is 17.7. The molecule has 4 nitrogen and oxygen atoms in total. The molecule has 0 saturated heterocycles. The second kappa shape index (κ2) is 7.25. The molecular formula is C19H21FN2O2. The fourth-order valence-electron chi connectivity index (χ4n) is 2.15. The highest BCUT2D eigenvalue weighted by atomic mass is 19.1. The monoisotopic (exact) mass is 328 g/mol. The number of rotatable bonds is 5. The van der Waals surface area contributed by atoms with Crippen molar-refractivity contribution < 1.29 is 14.0 Å². The molecule has 126 valence electrons. The number of amides is 2. The highest BCUT2D eigenvalue weighted by molar-refractivity contribution is 6.14. The van der Waals surface area contributed by atoms with Gasteiger partial charge in [-0.3, -0.25) is 9.59 Å². The molecule has 0 bridgehead atoms. The van der Waals surface area contributed by atoms with Crippen LogP contribution < -0.4 is 10.6 Å². The van der Waals surface area contributed by atoms with Crippen LogP contribution in [0.2, 0.25) is 0 Å². The molecule has 24 heavy (non-hydrogen) atoms. The van der Waals surface area contributed by atoms with Gasteiger partial charge in [-0.25, -0.2) is 4.39 Å². The topological polar surface area (TPSA) is 58.2 Å². The number of nitrogens with one attached hydrogen (secondary N) is 2. The van der Waals surface area contributed by atoms with E-state index in [1.807, 2.05) is 31.2 Å². The van der Waals surface area contributed by atoms with Crippen molar-refractivity contribution >= 4 is 23.2 Å². The van der Waals surface area contributed by atoms with Crippen LogP contribution in [-0.4, -0.2) is 11.8 Å². The van der Waals surface area contributed by atoms with Crippen LogP contribution in [0.3, 0.4) is 0 Å². The minimum Gasteiger partial charge on any atom is -0.325 e. The van der Waals surface area contributed by atoms with Crippen molar-refractivity contribution in [1.29, 1.82) is 0 Å². The number of carbonyl (C=O) groups excluding carboxylic acids is 2. The molecule has 0 atom stereocenters. The first-order chi connectivity index (χ1) is 11.3. The number of para-hydroxylation sites is 1. The minimum absolute atomic E-state index is 0.388. The van der Waals surface area contributed by atoms with Crippen LogP contribution in [0.1, 0.15) is 26.3 Å². The van der Waals surface area contributed by atoms with Crippen LogP contribution >= 0.6 is 0 Å². The molecule has 2 rings (SSSR count). The van der Waals surface area contributed by atoms with Gasteiger partial charge in [-0.2, -0.15) is 0 Å². The van der Waals surface area contributed by atoms with Crippen LogP contribution in [-0.2, 0) is 16.0 Å². The number of halogens is 1. The second-order valence-corrected chi connectivity index (χ2v) is 6.05. The fourth-order valence-corrected chi connectivity index (χ4v) is 2.15. The van der Waals surface area contributed by atoms with E-state index in [9.17, 15) is 14.0 Å². The lowest BCUT2D eigenvalue weighted by Crippen LogP contribution is -2.41. The first-order valence-corrected chi connectivity index (χ1v) is 7.81. The Balaban J connectivity index is 2.11. The molecule has 0 spiro atoms. The highest BCUT2D eigenvalue weighted by Crippen LogP contribution is 2.23. The molecule has 0 aromatic heterocycles. The van der Waals surface area contributed by atoms with Gasteiger partial charge in [-0.15, -0.1) is 0 Å². The third kappa shape index (κ3) is 3.98. The van der Waals surface area contributed by atoms with Crippen molar-refractivity contribution in [3.8, 4) is 0 Å². The fraction of sp³-hybridized carbons (Fsp3) is 0.263. The molecule has 0 fully saturated rings. The Morgan fingerprint density at radius 1 is 0.958 bits per heavy atom. The summed E-state index contributed by atoms with van der Waals surface area (Å²) in [7, 11) is 0. The summed E-state index contributed by atoms with van der Waals surface area (Å²) in [6, 6.07) is 12.9. The minimum atomic E-state index is -1.28. The quantitative estimate of drug-likeness (QED) is 0.815. The maximum absolute atomic E-state index is 12.9. The summed E-state index contributed by atoms with van der Waals surface area (Å²) in [5, 5.41) is 5.46. The van der Waals surface area contributed by atoms with E-state index in [1.54, 1.807) is 13.8 Å². The summed E-state index contributed by atoms with van der Waals surface area (Å²) in [6.07, 6.45) is 0.776. The number of carbonyl (C=O) groups is 2. The molecule has 0 aliphatic heterocycles. The average molecular weight is 328 g/mol. The summed E-state index contributed by atoms with van der Waals surface area (Å²) in [6.45, 7) is 5.10. The second-order valence-electron chi connectivity index (χ2n) is 6.05. The van der Waals surface area contributed by atoms with Crippen LogP contribution in [0, 0.1) is 11.2 Å². The van der Waals surface area contributed by atoms with E-state index in [2.05, 4.69) is 10.6 Å². The maximum atomic E-state index is 12.9. The molecule has 2 aromatic carbocycles. The lowest BCUT2D eigenvalue weighted by atomic mass is 9.90. The standard InChI is InChI=1S/C19H21FN2O2/c1-4-13-7-5-6-8-16(13)22-18(24)19(2,3)17(23)21-15-11-9-14(20)10-12-15/h5-12H,4H2,1-3H3,(H,21,23)(H,22,24). The van der Waals surface area contributed by atoms with Crippen molar-refractivity contribution in [3.05, 3.63) is 59.9 Å². The molecule has 0 aliphatic rings. The van der Waals surface area contributed by atoms with Crippen molar-refractivity contribution in [2.75, 3.05) is 10.6 Å². The van der Waals surface area contributed by atoms with Crippen molar-refractivity contribution in [2.24, 2.45) is 5.41 Å². The van der Waals surface area contributed by atoms with Gasteiger partial charge in [0.05, 0.1) is 0 Å². The largest absolute Gasteiger partial charge is 0.325 e. The Morgan fingerprint density at radius 2 is 1.54 bits per heavy atom. The molecule has 0 unspecified atom stereocenters. The van der Waals surface area contributed by atoms with Gasteiger partial charge >= 0.3 is 0 Å². The molecular weight excluding hydrogens is 307 g/mol. The average Bonchev–Trinajstić information content (AvgIpc) is 2.57. The van der Waals surface area contributed by atoms with E-state index in [-0.39, 0.29) is 5.82 Å². The van der Waals surface area contributed by atoms with E-state index in [4.69, 9.17) is 0 Å². The molecule has 5 heteroatoms. The van der Waals surface area contributed by atoms with Crippen LogP contribution in [0.15, 0.2) is 48.5 Å². The van der Waals surface area contributed by atoms with E-state index in [0.717, 1.165) is 12.0 Å². The smallest absolute Gasteiger partial charge is 0.239 e. The zero-order chi connectivity index (χ0) is 17.7. The predicted octanol–water partition coefficient (Wildman–Crippen LogP) is 3.99. The van der Waals surface area contributed by atoms with Gasteiger partial charge in [-0.05, 0) is 56.2 Å². The lowest BCUT2D eigenvalue weighted by Gasteiger charge is -2.23. The molecule has 0 radical (unpaired) electrons. The third-order valence-electron chi connectivity index (χ3n) is 3.88. The molecule has 2 aromatic rings. The predicted molar refractivity (Wildman–Crippen MR) is 93.3 cm³/mol. The van der Waals surface area contributed by atoms with Gasteiger partial charge in [0.2, 0.25) is 11.8 Å². The highest BCUT2D eigenvalue weighted by Gasteiger charge is 2.36. The van der Waals surface area contributed by atoms with E-state index in [0.29, 0.717) is 11.4 Å². The Labute approximate surface area is 141 Å². The van der Waals surface area contributed by atoms with Crippen LogP contribution in [0.5, 0.6) is 0 Å². The van der Waals surface area contributed by atoms with E-state index < -0.39 is 17.2 Å². The third-order valence-corrected chi connectivity index (χ3v) is 3.88. The van der Waals surface area contributed by atoms with E-state index in [1.165, 1.54) is 24.3 Å². The normalized spacial score (nSPS) is 11.0. The Kier molecular flexibility index (Phi) is 5.34. The lowest BCUT2D eigenvalue weighted by molar-refractivity contribution is -0.135.